The van der Waals surface area contributed by atoms with Crippen molar-refractivity contribution in [3.63, 3.8) is 0 Å². The van der Waals surface area contributed by atoms with Crippen LogP contribution in [0, 0.1) is 17.3 Å². The molecule has 4 aromatic rings. The SMILES string of the molecule is CCCCCCCC1CCC(OC(=O)c2ccc(/C=C/C(=O)C(O)C(Cc3ccc(N)cc3)(Cc3ccc(N)cc3)C(O)C(=O)/C=C/c3ccc(C(=O)OC4CCC(CCCCCCC)CC4)cc3)cc2)CC1. The number of nitrogen functional groups attached to an aromatic ring is 2. The van der Waals surface area contributed by atoms with Gasteiger partial charge in [0.05, 0.1) is 11.1 Å². The Balaban J connectivity index is 1.12. The van der Waals surface area contributed by atoms with Crippen LogP contribution < -0.4 is 11.5 Å². The molecular weight excluding hydrogens is 913 g/mol. The van der Waals surface area contributed by atoms with E-state index >= 15 is 0 Å². The van der Waals surface area contributed by atoms with Crippen LogP contribution in [0.25, 0.3) is 12.2 Å². The number of aliphatic hydroxyl groups is 2. The fourth-order valence-electron chi connectivity index (χ4n) is 10.8. The van der Waals surface area contributed by atoms with Gasteiger partial charge in [0, 0.05) is 16.8 Å². The quantitative estimate of drug-likeness (QED) is 0.0185. The van der Waals surface area contributed by atoms with Crippen molar-refractivity contribution in [3.05, 3.63) is 143 Å². The number of ketones is 2. The van der Waals surface area contributed by atoms with Crippen molar-refractivity contribution in [2.24, 2.45) is 17.3 Å². The molecule has 2 unspecified atom stereocenters. The third-order valence-corrected chi connectivity index (χ3v) is 15.4. The van der Waals surface area contributed by atoms with Crippen molar-refractivity contribution < 1.29 is 38.9 Å². The average molecular weight is 995 g/mol. The van der Waals surface area contributed by atoms with E-state index in [0.717, 1.165) is 51.4 Å². The Morgan fingerprint density at radius 2 is 0.849 bits per heavy atom. The van der Waals surface area contributed by atoms with E-state index < -0.39 is 29.2 Å². The van der Waals surface area contributed by atoms with Crippen molar-refractivity contribution >= 4 is 47.0 Å². The summed E-state index contributed by atoms with van der Waals surface area (Å²) in [5.41, 5.74) is 14.6. The fourth-order valence-corrected chi connectivity index (χ4v) is 10.8. The Kier molecular flexibility index (Phi) is 22.5. The number of hydrogen-bond donors (Lipinski definition) is 4. The highest BCUT2D eigenvalue weighted by molar-refractivity contribution is 6.01. The first-order chi connectivity index (χ1) is 35.3. The van der Waals surface area contributed by atoms with Crippen molar-refractivity contribution in [1.82, 2.24) is 0 Å². The van der Waals surface area contributed by atoms with Crippen LogP contribution in [-0.2, 0) is 31.9 Å². The van der Waals surface area contributed by atoms with Crippen LogP contribution in [0.3, 0.4) is 0 Å². The molecule has 2 aliphatic carbocycles. The standard InChI is InChI=1S/C63H82N2O8/c1-3-5-7-9-11-13-45-23-37-55(38-24-45)72-61(70)51-29-15-47(16-30-51)27-41-57(66)59(68)63(43-49-19-33-53(64)34-20-49,44-50-21-35-54(65)36-22-50)60(69)58(67)42-28-48-17-31-52(32-18-48)62(71)73-56-39-25-46(26-40-56)14-12-10-8-6-4-2/h15-22,27-36,41-42,45-46,55-56,59-60,68-69H,3-14,23-26,37-40,43-44,64-65H2,1-2H3/b41-27+,42-28+. The van der Waals surface area contributed by atoms with Crippen molar-refractivity contribution in [2.75, 3.05) is 11.5 Å². The van der Waals surface area contributed by atoms with E-state index in [1.54, 1.807) is 97.1 Å². The lowest BCUT2D eigenvalue weighted by Gasteiger charge is -2.40. The van der Waals surface area contributed by atoms with Crippen molar-refractivity contribution in [2.45, 2.75) is 180 Å². The summed E-state index contributed by atoms with van der Waals surface area (Å²) in [5, 5.41) is 24.6. The van der Waals surface area contributed by atoms with E-state index in [4.69, 9.17) is 20.9 Å². The normalized spacial score (nSPS) is 19.1. The summed E-state index contributed by atoms with van der Waals surface area (Å²) in [6.07, 6.45) is 24.6. The van der Waals surface area contributed by atoms with Crippen LogP contribution in [0.4, 0.5) is 11.4 Å². The molecule has 392 valence electrons. The molecule has 0 radical (unpaired) electrons. The Bertz CT molecular complexity index is 2210. The molecule has 73 heavy (non-hydrogen) atoms. The predicted molar refractivity (Wildman–Crippen MR) is 294 cm³/mol. The number of anilines is 2. The molecule has 0 aromatic heterocycles. The number of carbonyl (C=O) groups excluding carboxylic acids is 4. The molecule has 6 rings (SSSR count). The molecule has 2 saturated carbocycles. The molecule has 6 N–H and O–H groups in total. The minimum Gasteiger partial charge on any atom is -0.459 e. The lowest BCUT2D eigenvalue weighted by Crippen LogP contribution is -2.54. The molecule has 0 heterocycles. The summed E-state index contributed by atoms with van der Waals surface area (Å²) in [6.45, 7) is 4.47. The van der Waals surface area contributed by atoms with E-state index in [1.807, 2.05) is 0 Å². The lowest BCUT2D eigenvalue weighted by molar-refractivity contribution is -0.146. The van der Waals surface area contributed by atoms with Gasteiger partial charge >= 0.3 is 11.9 Å². The number of ether oxygens (including phenoxy) is 2. The zero-order valence-corrected chi connectivity index (χ0v) is 43.6. The van der Waals surface area contributed by atoms with Gasteiger partial charge in [-0.15, -0.1) is 0 Å². The van der Waals surface area contributed by atoms with Gasteiger partial charge in [0.15, 0.2) is 11.6 Å². The summed E-state index contributed by atoms with van der Waals surface area (Å²) in [5.74, 6) is -0.806. The van der Waals surface area contributed by atoms with Gasteiger partial charge in [-0.2, -0.15) is 0 Å². The van der Waals surface area contributed by atoms with Crippen molar-refractivity contribution in [3.8, 4) is 0 Å². The smallest absolute Gasteiger partial charge is 0.338 e. The summed E-state index contributed by atoms with van der Waals surface area (Å²) in [4.78, 5) is 54.8. The van der Waals surface area contributed by atoms with E-state index in [0.29, 0.717) is 56.6 Å². The number of unbranched alkanes of at least 4 members (excludes halogenated alkanes) is 8. The first-order valence-corrected chi connectivity index (χ1v) is 27.5. The average Bonchev–Trinajstić information content (AvgIpc) is 3.41. The van der Waals surface area contributed by atoms with Crippen LogP contribution in [0.15, 0.2) is 109 Å². The molecule has 4 aromatic carbocycles. The summed E-state index contributed by atoms with van der Waals surface area (Å²) in [6, 6.07) is 27.2. The Labute approximate surface area is 435 Å². The Hall–Kier alpha value is -5.84. The maximum absolute atomic E-state index is 14.2. The van der Waals surface area contributed by atoms with E-state index in [-0.39, 0.29) is 37.0 Å². The second kappa shape index (κ2) is 29.2. The summed E-state index contributed by atoms with van der Waals surface area (Å²) >= 11 is 0. The predicted octanol–water partition coefficient (Wildman–Crippen LogP) is 13.1. The maximum Gasteiger partial charge on any atom is 0.338 e. The Morgan fingerprint density at radius 1 is 0.507 bits per heavy atom. The number of carbonyl (C=O) groups is 4. The van der Waals surface area contributed by atoms with Crippen LogP contribution >= 0.6 is 0 Å². The van der Waals surface area contributed by atoms with Gasteiger partial charge in [0.1, 0.15) is 24.4 Å². The molecular formula is C63H82N2O8. The molecule has 10 heteroatoms. The third kappa shape index (κ3) is 17.7. The van der Waals surface area contributed by atoms with Crippen LogP contribution in [0.2, 0.25) is 0 Å². The van der Waals surface area contributed by atoms with E-state index in [1.165, 1.54) is 101 Å². The zero-order chi connectivity index (χ0) is 52.0. The van der Waals surface area contributed by atoms with E-state index in [9.17, 15) is 29.4 Å². The lowest BCUT2D eigenvalue weighted by atomic mass is 9.66. The third-order valence-electron chi connectivity index (χ3n) is 15.4. The highest BCUT2D eigenvalue weighted by Gasteiger charge is 2.49. The number of hydrogen-bond acceptors (Lipinski definition) is 10. The molecule has 0 spiro atoms. The fraction of sp³-hybridized carbons (Fsp3) is 0.492. The molecule has 0 amide bonds. The second-order valence-corrected chi connectivity index (χ2v) is 21.1. The van der Waals surface area contributed by atoms with Crippen LogP contribution in [0.5, 0.6) is 0 Å². The number of benzene rings is 4. The second-order valence-electron chi connectivity index (χ2n) is 21.1. The number of rotatable bonds is 28. The minimum atomic E-state index is -1.87. The van der Waals surface area contributed by atoms with E-state index in [2.05, 4.69) is 13.8 Å². The number of aliphatic hydroxyl groups excluding tert-OH is 2. The highest BCUT2D eigenvalue weighted by atomic mass is 16.5. The molecule has 0 bridgehead atoms. The van der Waals surface area contributed by atoms with Crippen molar-refractivity contribution in [1.29, 1.82) is 0 Å². The van der Waals surface area contributed by atoms with Gasteiger partial charge in [0.2, 0.25) is 0 Å². The highest BCUT2D eigenvalue weighted by Crippen LogP contribution is 2.39. The molecule has 2 fully saturated rings. The van der Waals surface area contributed by atoms with Crippen LogP contribution in [0.1, 0.15) is 185 Å². The van der Waals surface area contributed by atoms with Gasteiger partial charge in [-0.05, 0) is 159 Å². The van der Waals surface area contributed by atoms with Gasteiger partial charge in [0.25, 0.3) is 0 Å². The first kappa shape index (κ1) is 56.5. The topological polar surface area (TPSA) is 179 Å². The molecule has 2 aliphatic rings. The van der Waals surface area contributed by atoms with Crippen LogP contribution in [-0.4, -0.2) is 58.1 Å². The first-order valence-electron chi connectivity index (χ1n) is 27.5. The number of esters is 2. The zero-order valence-electron chi connectivity index (χ0n) is 43.6. The molecule has 2 atom stereocenters. The van der Waals surface area contributed by atoms with Gasteiger partial charge in [-0.25, -0.2) is 9.59 Å². The maximum atomic E-state index is 14.2. The number of nitrogens with two attached hydrogens (primary N) is 2. The summed E-state index contributed by atoms with van der Waals surface area (Å²) < 4.78 is 11.8. The van der Waals surface area contributed by atoms with Gasteiger partial charge < -0.3 is 31.2 Å². The molecule has 10 nitrogen and oxygen atoms in total. The molecule has 0 saturated heterocycles. The largest absolute Gasteiger partial charge is 0.459 e. The molecule has 0 aliphatic heterocycles. The Morgan fingerprint density at radius 3 is 1.19 bits per heavy atom. The van der Waals surface area contributed by atoms with Gasteiger partial charge in [-0.3, -0.25) is 9.59 Å². The monoisotopic (exact) mass is 995 g/mol. The minimum absolute atomic E-state index is 0.0752. The summed E-state index contributed by atoms with van der Waals surface area (Å²) in [7, 11) is 0. The van der Waals surface area contributed by atoms with Gasteiger partial charge in [-0.1, -0.05) is 152 Å².